The van der Waals surface area contributed by atoms with Gasteiger partial charge in [-0.15, -0.1) is 0 Å². The predicted octanol–water partition coefficient (Wildman–Crippen LogP) is 1.44. The van der Waals surface area contributed by atoms with Gasteiger partial charge in [0.25, 0.3) is 0 Å². The summed E-state index contributed by atoms with van der Waals surface area (Å²) in [5.74, 6) is -0.538. The van der Waals surface area contributed by atoms with Crippen molar-refractivity contribution in [3.8, 4) is 0 Å². The molecule has 0 fully saturated rings. The van der Waals surface area contributed by atoms with Crippen molar-refractivity contribution < 1.29 is 18.0 Å². The van der Waals surface area contributed by atoms with Gasteiger partial charge in [0.05, 0.1) is 6.42 Å². The molecule has 15 heavy (non-hydrogen) atoms. The van der Waals surface area contributed by atoms with E-state index in [1.807, 2.05) is 6.92 Å². The standard InChI is InChI=1S/C9H17F3N2O/c1-2-13-6-3-7-14-8(15)4-5-9(10,11)12/h13H,2-7H2,1H3,(H,14,15). The minimum absolute atomic E-state index is 0.420. The van der Waals surface area contributed by atoms with Crippen molar-refractivity contribution in [3.63, 3.8) is 0 Å². The van der Waals surface area contributed by atoms with E-state index in [0.29, 0.717) is 6.54 Å². The average Bonchev–Trinajstić information content (AvgIpc) is 2.13. The van der Waals surface area contributed by atoms with Crippen molar-refractivity contribution >= 4 is 5.91 Å². The molecule has 0 bridgehead atoms. The van der Waals surface area contributed by atoms with Crippen molar-refractivity contribution in [1.29, 1.82) is 0 Å². The Labute approximate surface area is 87.4 Å². The molecule has 0 heterocycles. The lowest BCUT2D eigenvalue weighted by molar-refractivity contribution is -0.144. The number of hydrogen-bond acceptors (Lipinski definition) is 2. The van der Waals surface area contributed by atoms with Crippen LogP contribution in [-0.2, 0) is 4.79 Å². The molecule has 0 saturated heterocycles. The Morgan fingerprint density at radius 2 is 1.93 bits per heavy atom. The number of hydrogen-bond donors (Lipinski definition) is 2. The zero-order valence-electron chi connectivity index (χ0n) is 8.78. The third-order valence-corrected chi connectivity index (χ3v) is 1.74. The SMILES string of the molecule is CCNCCCNC(=O)CCC(F)(F)F. The van der Waals surface area contributed by atoms with Crippen molar-refractivity contribution in [3.05, 3.63) is 0 Å². The van der Waals surface area contributed by atoms with Crippen molar-refractivity contribution in [2.45, 2.75) is 32.4 Å². The molecule has 0 spiro atoms. The van der Waals surface area contributed by atoms with Crippen molar-refractivity contribution in [2.75, 3.05) is 19.6 Å². The van der Waals surface area contributed by atoms with Gasteiger partial charge < -0.3 is 10.6 Å². The van der Waals surface area contributed by atoms with Gasteiger partial charge in [-0.2, -0.15) is 13.2 Å². The van der Waals surface area contributed by atoms with E-state index in [-0.39, 0.29) is 0 Å². The number of alkyl halides is 3. The van der Waals surface area contributed by atoms with E-state index >= 15 is 0 Å². The Morgan fingerprint density at radius 1 is 1.27 bits per heavy atom. The summed E-state index contributed by atoms with van der Waals surface area (Å²) in [6.07, 6.45) is -5.05. The smallest absolute Gasteiger partial charge is 0.356 e. The minimum Gasteiger partial charge on any atom is -0.356 e. The second-order valence-electron chi connectivity index (χ2n) is 3.17. The van der Waals surface area contributed by atoms with Gasteiger partial charge >= 0.3 is 6.18 Å². The third-order valence-electron chi connectivity index (χ3n) is 1.74. The molecule has 6 heteroatoms. The zero-order valence-corrected chi connectivity index (χ0v) is 8.78. The van der Waals surface area contributed by atoms with Crippen LogP contribution in [0.3, 0.4) is 0 Å². The second-order valence-corrected chi connectivity index (χ2v) is 3.17. The summed E-state index contributed by atoms with van der Waals surface area (Å²) in [6.45, 7) is 3.99. The Hall–Kier alpha value is -0.780. The summed E-state index contributed by atoms with van der Waals surface area (Å²) in [7, 11) is 0. The zero-order chi connectivity index (χ0) is 11.7. The lowest BCUT2D eigenvalue weighted by Crippen LogP contribution is -2.28. The van der Waals surface area contributed by atoms with E-state index < -0.39 is 24.9 Å². The van der Waals surface area contributed by atoms with Gasteiger partial charge in [-0.3, -0.25) is 4.79 Å². The van der Waals surface area contributed by atoms with Gasteiger partial charge in [-0.25, -0.2) is 0 Å². The molecule has 1 amide bonds. The molecule has 0 aliphatic carbocycles. The minimum atomic E-state index is -4.25. The fourth-order valence-corrected chi connectivity index (χ4v) is 0.962. The lowest BCUT2D eigenvalue weighted by atomic mass is 10.3. The van der Waals surface area contributed by atoms with Crippen LogP contribution in [0.15, 0.2) is 0 Å². The predicted molar refractivity (Wildman–Crippen MR) is 51.5 cm³/mol. The summed E-state index contributed by atoms with van der Waals surface area (Å²) in [5.41, 5.74) is 0. The van der Waals surface area contributed by atoms with Gasteiger partial charge in [0.1, 0.15) is 0 Å². The highest BCUT2D eigenvalue weighted by Gasteiger charge is 2.27. The van der Waals surface area contributed by atoms with Gasteiger partial charge in [-0.1, -0.05) is 6.92 Å². The number of rotatable bonds is 7. The summed E-state index contributed by atoms with van der Waals surface area (Å²) >= 11 is 0. The van der Waals surface area contributed by atoms with E-state index in [2.05, 4.69) is 10.6 Å². The Balaban J connectivity index is 3.34. The second kappa shape index (κ2) is 7.50. The number of carbonyl (C=O) groups is 1. The van der Waals surface area contributed by atoms with Crippen LogP contribution in [0.25, 0.3) is 0 Å². The molecule has 90 valence electrons. The van der Waals surface area contributed by atoms with Gasteiger partial charge in [-0.05, 0) is 19.5 Å². The van der Waals surface area contributed by atoms with Gasteiger partial charge in [0.15, 0.2) is 0 Å². The van der Waals surface area contributed by atoms with Crippen LogP contribution in [0.4, 0.5) is 13.2 Å². The number of carbonyl (C=O) groups excluding carboxylic acids is 1. The molecule has 0 atom stereocenters. The maximum Gasteiger partial charge on any atom is 0.389 e. The van der Waals surface area contributed by atoms with E-state index in [0.717, 1.165) is 19.5 Å². The quantitative estimate of drug-likeness (QED) is 0.645. The van der Waals surface area contributed by atoms with E-state index in [1.54, 1.807) is 0 Å². The number of halogens is 3. The van der Waals surface area contributed by atoms with Crippen LogP contribution in [0.1, 0.15) is 26.2 Å². The molecule has 0 aromatic heterocycles. The topological polar surface area (TPSA) is 41.1 Å². The molecule has 0 unspecified atom stereocenters. The fraction of sp³-hybridized carbons (Fsp3) is 0.889. The highest BCUT2D eigenvalue weighted by Crippen LogP contribution is 2.20. The fourth-order valence-electron chi connectivity index (χ4n) is 0.962. The summed E-state index contributed by atoms with van der Waals surface area (Å²) in [5, 5.41) is 5.48. The highest BCUT2D eigenvalue weighted by atomic mass is 19.4. The van der Waals surface area contributed by atoms with Crippen LogP contribution in [0.2, 0.25) is 0 Å². The molecule has 0 radical (unpaired) electrons. The van der Waals surface area contributed by atoms with Gasteiger partial charge in [0.2, 0.25) is 5.91 Å². The molecule has 0 rings (SSSR count). The molecule has 0 aromatic rings. The molecule has 0 aliphatic rings. The molecule has 3 nitrogen and oxygen atoms in total. The van der Waals surface area contributed by atoms with E-state index in [1.165, 1.54) is 0 Å². The molecule has 2 N–H and O–H groups in total. The first kappa shape index (κ1) is 14.2. The van der Waals surface area contributed by atoms with Crippen LogP contribution in [-0.4, -0.2) is 31.7 Å². The van der Waals surface area contributed by atoms with E-state index in [9.17, 15) is 18.0 Å². The Bertz CT molecular complexity index is 183. The molecular formula is C9H17F3N2O. The van der Waals surface area contributed by atoms with E-state index in [4.69, 9.17) is 0 Å². The van der Waals surface area contributed by atoms with Crippen LogP contribution in [0, 0.1) is 0 Å². The third kappa shape index (κ3) is 11.1. The maximum atomic E-state index is 11.7. The first-order valence-corrected chi connectivity index (χ1v) is 5.00. The molecule has 0 aromatic carbocycles. The highest BCUT2D eigenvalue weighted by molar-refractivity contribution is 5.75. The first-order chi connectivity index (χ1) is 6.95. The number of amides is 1. The van der Waals surface area contributed by atoms with Crippen molar-refractivity contribution in [2.24, 2.45) is 0 Å². The Kier molecular flexibility index (Phi) is 7.11. The summed E-state index contributed by atoms with van der Waals surface area (Å²) in [4.78, 5) is 10.9. The maximum absolute atomic E-state index is 11.7. The average molecular weight is 226 g/mol. The largest absolute Gasteiger partial charge is 0.389 e. The Morgan fingerprint density at radius 3 is 2.47 bits per heavy atom. The number of nitrogens with one attached hydrogen (secondary N) is 2. The normalized spacial score (nSPS) is 11.5. The van der Waals surface area contributed by atoms with Crippen LogP contribution in [0.5, 0.6) is 0 Å². The van der Waals surface area contributed by atoms with Gasteiger partial charge in [0, 0.05) is 13.0 Å². The molecular weight excluding hydrogens is 209 g/mol. The summed E-state index contributed by atoms with van der Waals surface area (Å²) in [6, 6.07) is 0. The molecule has 0 aliphatic heterocycles. The first-order valence-electron chi connectivity index (χ1n) is 5.00. The lowest BCUT2D eigenvalue weighted by Gasteiger charge is -2.07. The monoisotopic (exact) mass is 226 g/mol. The van der Waals surface area contributed by atoms with Crippen LogP contribution >= 0.6 is 0 Å². The molecule has 0 saturated carbocycles. The summed E-state index contributed by atoms with van der Waals surface area (Å²) < 4.78 is 35.1. The van der Waals surface area contributed by atoms with Crippen LogP contribution < -0.4 is 10.6 Å². The van der Waals surface area contributed by atoms with Crippen molar-refractivity contribution in [1.82, 2.24) is 10.6 Å².